The van der Waals surface area contributed by atoms with Gasteiger partial charge < -0.3 is 15.2 Å². The van der Waals surface area contributed by atoms with E-state index in [-0.39, 0.29) is 17.2 Å². The van der Waals surface area contributed by atoms with Gasteiger partial charge >= 0.3 is 18.2 Å². The highest BCUT2D eigenvalue weighted by Gasteiger charge is 2.62. The monoisotopic (exact) mass is 460 g/mol. The highest BCUT2D eigenvalue weighted by atomic mass is 32.2. The Morgan fingerprint density at radius 1 is 1.03 bits per heavy atom. The molecule has 0 saturated heterocycles. The summed E-state index contributed by atoms with van der Waals surface area (Å²) in [5, 5.41) is 12.2. The van der Waals surface area contributed by atoms with Crippen molar-refractivity contribution in [2.45, 2.75) is 30.5 Å². The molecule has 0 bridgehead atoms. The van der Waals surface area contributed by atoms with Crippen molar-refractivity contribution in [3.05, 3.63) is 59.7 Å². The first-order chi connectivity index (χ1) is 14.3. The fraction of sp³-hybridized carbons (Fsp3) is 0.263. The van der Waals surface area contributed by atoms with Crippen LogP contribution in [0.25, 0.3) is 0 Å². The fourth-order valence-electron chi connectivity index (χ4n) is 2.48. The van der Waals surface area contributed by atoms with Crippen molar-refractivity contribution in [2.24, 2.45) is 0 Å². The number of ether oxygens (including phenoxy) is 1. The molecule has 0 aliphatic rings. The maximum Gasteiger partial charge on any atom is 0.432 e. The lowest BCUT2D eigenvalue weighted by Gasteiger charge is -2.28. The molecule has 0 saturated carbocycles. The number of nitrogens with one attached hydrogen (secondary N) is 2. The summed E-state index contributed by atoms with van der Waals surface area (Å²) < 4.78 is 70.5. The van der Waals surface area contributed by atoms with Crippen molar-refractivity contribution in [3.63, 3.8) is 0 Å². The molecule has 1 atom stereocenters. The van der Waals surface area contributed by atoms with Crippen LogP contribution in [0.4, 0.5) is 23.7 Å². The molecule has 2 aromatic rings. The van der Waals surface area contributed by atoms with Crippen molar-refractivity contribution in [2.75, 3.05) is 11.9 Å². The number of amides is 2. The summed E-state index contributed by atoms with van der Waals surface area (Å²) in [6, 6.07) is 7.95. The minimum atomic E-state index is -5.37. The number of esters is 1. The molecule has 0 aliphatic carbocycles. The number of anilines is 1. The first kappa shape index (κ1) is 24.2. The number of aryl methyl sites for hydroxylation is 1. The van der Waals surface area contributed by atoms with Gasteiger partial charge in [0.1, 0.15) is 0 Å². The number of carbonyl (C=O) groups is 2. The molecule has 31 heavy (non-hydrogen) atoms. The third kappa shape index (κ3) is 5.33. The molecular weight excluding hydrogens is 441 g/mol. The average molecular weight is 460 g/mol. The van der Waals surface area contributed by atoms with Gasteiger partial charge in [-0.1, -0.05) is 29.8 Å². The normalized spacial score (nSPS) is 13.7. The predicted molar refractivity (Wildman–Crippen MR) is 104 cm³/mol. The molecule has 0 fully saturated rings. The standard InChI is InChI=1S/C19H19F3N2O6S/c1-3-30-16(25)18(27,19(20,21)22)13-6-8-14(9-7-13)23-17(26)24-31(28,29)15-10-4-12(2)5-11-15/h4-11,27H,3H2,1-2H3,(H2,23,24,26)/t18-/m1/s1. The highest BCUT2D eigenvalue weighted by molar-refractivity contribution is 7.90. The van der Waals surface area contributed by atoms with Gasteiger partial charge in [-0.15, -0.1) is 0 Å². The third-order valence-corrected chi connectivity index (χ3v) is 5.45. The van der Waals surface area contributed by atoms with Crippen LogP contribution >= 0.6 is 0 Å². The van der Waals surface area contributed by atoms with Crippen LogP contribution in [0.15, 0.2) is 53.4 Å². The van der Waals surface area contributed by atoms with E-state index in [1.165, 1.54) is 31.2 Å². The van der Waals surface area contributed by atoms with Crippen LogP contribution in [0, 0.1) is 6.92 Å². The fourth-order valence-corrected chi connectivity index (χ4v) is 3.39. The number of alkyl halides is 3. The largest absolute Gasteiger partial charge is 0.463 e. The Bertz CT molecular complexity index is 1050. The number of carbonyl (C=O) groups excluding carboxylic acids is 2. The number of urea groups is 1. The van der Waals surface area contributed by atoms with Gasteiger partial charge in [0.2, 0.25) is 0 Å². The SMILES string of the molecule is CCOC(=O)[C@](O)(c1ccc(NC(=O)NS(=O)(=O)c2ccc(C)cc2)cc1)C(F)(F)F. The topological polar surface area (TPSA) is 122 Å². The minimum Gasteiger partial charge on any atom is -0.463 e. The second kappa shape index (κ2) is 8.94. The lowest BCUT2D eigenvalue weighted by Crippen LogP contribution is -2.50. The van der Waals surface area contributed by atoms with Crippen molar-refractivity contribution in [3.8, 4) is 0 Å². The van der Waals surface area contributed by atoms with E-state index < -0.39 is 39.4 Å². The van der Waals surface area contributed by atoms with E-state index in [0.29, 0.717) is 0 Å². The van der Waals surface area contributed by atoms with Crippen LogP contribution < -0.4 is 10.0 Å². The number of aliphatic hydroxyl groups is 1. The van der Waals surface area contributed by atoms with Crippen molar-refractivity contribution >= 4 is 27.7 Å². The number of benzene rings is 2. The Morgan fingerprint density at radius 3 is 2.06 bits per heavy atom. The Morgan fingerprint density at radius 2 is 1.58 bits per heavy atom. The summed E-state index contributed by atoms with van der Waals surface area (Å²) in [7, 11) is -4.18. The first-order valence-electron chi connectivity index (χ1n) is 8.78. The second-order valence-corrected chi connectivity index (χ2v) is 8.06. The molecule has 2 aromatic carbocycles. The second-order valence-electron chi connectivity index (χ2n) is 6.38. The zero-order chi connectivity index (χ0) is 23.4. The Hall–Kier alpha value is -3.12. The molecule has 0 unspecified atom stereocenters. The van der Waals surface area contributed by atoms with Gasteiger partial charge in [0, 0.05) is 11.3 Å². The van der Waals surface area contributed by atoms with E-state index >= 15 is 0 Å². The van der Waals surface area contributed by atoms with E-state index in [4.69, 9.17) is 0 Å². The minimum absolute atomic E-state index is 0.0891. The Labute approximate surface area is 176 Å². The smallest absolute Gasteiger partial charge is 0.432 e. The van der Waals surface area contributed by atoms with Crippen molar-refractivity contribution in [1.29, 1.82) is 0 Å². The zero-order valence-electron chi connectivity index (χ0n) is 16.4. The van der Waals surface area contributed by atoms with Gasteiger partial charge in [-0.05, 0) is 38.1 Å². The van der Waals surface area contributed by atoms with Crippen LogP contribution in [0.5, 0.6) is 0 Å². The van der Waals surface area contributed by atoms with Crippen molar-refractivity contribution < 1.29 is 41.0 Å². The van der Waals surface area contributed by atoms with Crippen LogP contribution in [0.2, 0.25) is 0 Å². The zero-order valence-corrected chi connectivity index (χ0v) is 17.2. The van der Waals surface area contributed by atoms with Gasteiger partial charge in [-0.25, -0.2) is 22.7 Å². The molecule has 0 heterocycles. The lowest BCUT2D eigenvalue weighted by molar-refractivity contribution is -0.267. The third-order valence-electron chi connectivity index (χ3n) is 4.10. The van der Waals surface area contributed by atoms with Gasteiger partial charge in [0.15, 0.2) is 0 Å². The van der Waals surface area contributed by atoms with E-state index in [1.54, 1.807) is 11.6 Å². The van der Waals surface area contributed by atoms with E-state index in [9.17, 15) is 36.3 Å². The maximum absolute atomic E-state index is 13.3. The van der Waals surface area contributed by atoms with E-state index in [0.717, 1.165) is 29.8 Å². The lowest BCUT2D eigenvalue weighted by atomic mass is 9.93. The number of halogens is 3. The average Bonchev–Trinajstić information content (AvgIpc) is 2.67. The summed E-state index contributed by atoms with van der Waals surface area (Å²) in [6.45, 7) is 2.65. The molecule has 168 valence electrons. The molecule has 2 amide bonds. The van der Waals surface area contributed by atoms with Crippen molar-refractivity contribution in [1.82, 2.24) is 4.72 Å². The van der Waals surface area contributed by atoms with E-state index in [2.05, 4.69) is 10.1 Å². The van der Waals surface area contributed by atoms with E-state index in [1.807, 2.05) is 0 Å². The molecule has 0 spiro atoms. The molecule has 12 heteroatoms. The van der Waals surface area contributed by atoms with Gasteiger partial charge in [-0.2, -0.15) is 13.2 Å². The molecular formula is C19H19F3N2O6S. The summed E-state index contributed by atoms with van der Waals surface area (Å²) in [4.78, 5) is 23.6. The maximum atomic E-state index is 13.3. The Balaban J connectivity index is 2.18. The molecule has 2 rings (SSSR count). The number of sulfonamides is 1. The number of rotatable bonds is 6. The summed E-state index contributed by atoms with van der Waals surface area (Å²) in [5.41, 5.74) is -4.02. The van der Waals surface area contributed by atoms with Crippen LogP contribution in [0.3, 0.4) is 0 Å². The van der Waals surface area contributed by atoms with Crippen LogP contribution in [-0.4, -0.2) is 38.3 Å². The summed E-state index contributed by atoms with van der Waals surface area (Å²) >= 11 is 0. The van der Waals surface area contributed by atoms with Crippen LogP contribution in [0.1, 0.15) is 18.1 Å². The molecule has 0 aliphatic heterocycles. The molecule has 0 aromatic heterocycles. The molecule has 0 radical (unpaired) electrons. The Kier molecular flexibility index (Phi) is 6.96. The van der Waals surface area contributed by atoms with Gasteiger partial charge in [0.05, 0.1) is 11.5 Å². The predicted octanol–water partition coefficient (Wildman–Crippen LogP) is 2.82. The molecule has 3 N–H and O–H groups in total. The number of hydrogen-bond acceptors (Lipinski definition) is 6. The number of hydrogen-bond donors (Lipinski definition) is 3. The quantitative estimate of drug-likeness (QED) is 0.570. The highest BCUT2D eigenvalue weighted by Crippen LogP contribution is 2.40. The summed E-state index contributed by atoms with van der Waals surface area (Å²) in [5.74, 6) is -1.90. The molecule has 8 nitrogen and oxygen atoms in total. The first-order valence-corrected chi connectivity index (χ1v) is 10.3. The summed E-state index contributed by atoms with van der Waals surface area (Å²) in [6.07, 6.45) is -5.37. The van der Waals surface area contributed by atoms with Gasteiger partial charge in [-0.3, -0.25) is 0 Å². The van der Waals surface area contributed by atoms with Crippen LogP contribution in [-0.2, 0) is 25.2 Å². The van der Waals surface area contributed by atoms with Gasteiger partial charge in [0.25, 0.3) is 15.6 Å².